The van der Waals surface area contributed by atoms with Gasteiger partial charge in [0.25, 0.3) is 0 Å². The zero-order valence-electron chi connectivity index (χ0n) is 11.3. The maximum absolute atomic E-state index is 12.1. The summed E-state index contributed by atoms with van der Waals surface area (Å²) in [6, 6.07) is 5.42. The van der Waals surface area contributed by atoms with Crippen LogP contribution in [0, 0.1) is 6.92 Å². The Kier molecular flexibility index (Phi) is 4.70. The number of hydrogen-bond donors (Lipinski definition) is 1. The van der Waals surface area contributed by atoms with Crippen LogP contribution in [0.1, 0.15) is 5.56 Å². The topological polar surface area (TPSA) is 69.0 Å². The highest BCUT2D eigenvalue weighted by atomic mass is 35.5. The molecular weight excluding hydrogens is 280 g/mol. The number of ether oxygens (including phenoxy) is 1. The lowest BCUT2D eigenvalue weighted by molar-refractivity contribution is 0.210. The SMILES string of the molecule is COCCNc1ncn(-c2c(C)cccc2Cl)c(=O)n1. The van der Waals surface area contributed by atoms with Gasteiger partial charge in [-0.15, -0.1) is 0 Å². The van der Waals surface area contributed by atoms with Crippen molar-refractivity contribution in [3.63, 3.8) is 0 Å². The van der Waals surface area contributed by atoms with Gasteiger partial charge in [-0.1, -0.05) is 23.7 Å². The van der Waals surface area contributed by atoms with Gasteiger partial charge in [0.2, 0.25) is 5.95 Å². The van der Waals surface area contributed by atoms with Gasteiger partial charge >= 0.3 is 5.69 Å². The molecule has 1 N–H and O–H groups in total. The molecule has 1 heterocycles. The molecule has 2 aromatic rings. The third kappa shape index (κ3) is 3.15. The van der Waals surface area contributed by atoms with E-state index in [0.29, 0.717) is 23.9 Å². The molecule has 6 nitrogen and oxygen atoms in total. The minimum absolute atomic E-state index is 0.271. The van der Waals surface area contributed by atoms with Crippen molar-refractivity contribution in [3.8, 4) is 5.69 Å². The molecule has 0 fully saturated rings. The molecule has 0 bridgehead atoms. The predicted octanol–water partition coefficient (Wildman–Crippen LogP) is 1.65. The van der Waals surface area contributed by atoms with Crippen LogP contribution in [0.15, 0.2) is 29.3 Å². The first-order valence-electron chi connectivity index (χ1n) is 6.07. The summed E-state index contributed by atoms with van der Waals surface area (Å²) in [4.78, 5) is 20.0. The van der Waals surface area contributed by atoms with Gasteiger partial charge in [0.1, 0.15) is 6.33 Å². The Balaban J connectivity index is 2.33. The predicted molar refractivity (Wildman–Crippen MR) is 77.7 cm³/mol. The third-order valence-electron chi connectivity index (χ3n) is 2.72. The van der Waals surface area contributed by atoms with Crippen LogP contribution in [0.4, 0.5) is 5.95 Å². The molecule has 0 aliphatic heterocycles. The number of nitrogens with one attached hydrogen (secondary N) is 1. The molecule has 0 saturated carbocycles. The molecule has 0 spiro atoms. The maximum Gasteiger partial charge on any atom is 0.356 e. The number of anilines is 1. The highest BCUT2D eigenvalue weighted by Gasteiger charge is 2.09. The molecule has 20 heavy (non-hydrogen) atoms. The van der Waals surface area contributed by atoms with Crippen LogP contribution >= 0.6 is 11.6 Å². The quantitative estimate of drug-likeness (QED) is 0.849. The van der Waals surface area contributed by atoms with Gasteiger partial charge in [0.05, 0.1) is 17.3 Å². The van der Waals surface area contributed by atoms with Crippen molar-refractivity contribution >= 4 is 17.5 Å². The Morgan fingerprint density at radius 1 is 1.45 bits per heavy atom. The van der Waals surface area contributed by atoms with Gasteiger partial charge in [-0.2, -0.15) is 4.98 Å². The van der Waals surface area contributed by atoms with E-state index in [1.807, 2.05) is 19.1 Å². The van der Waals surface area contributed by atoms with Crippen LogP contribution in [0.3, 0.4) is 0 Å². The van der Waals surface area contributed by atoms with E-state index in [0.717, 1.165) is 5.56 Å². The van der Waals surface area contributed by atoms with E-state index in [-0.39, 0.29) is 5.95 Å². The highest BCUT2D eigenvalue weighted by molar-refractivity contribution is 6.32. The Morgan fingerprint density at radius 2 is 2.25 bits per heavy atom. The van der Waals surface area contributed by atoms with Crippen LogP contribution in [0.25, 0.3) is 5.69 Å². The van der Waals surface area contributed by atoms with E-state index in [4.69, 9.17) is 16.3 Å². The smallest absolute Gasteiger partial charge is 0.356 e. The first-order valence-corrected chi connectivity index (χ1v) is 6.45. The minimum Gasteiger partial charge on any atom is -0.383 e. The Morgan fingerprint density at radius 3 is 2.90 bits per heavy atom. The van der Waals surface area contributed by atoms with Gasteiger partial charge < -0.3 is 10.1 Å². The molecule has 106 valence electrons. The summed E-state index contributed by atoms with van der Waals surface area (Å²) in [6.07, 6.45) is 1.42. The second-order valence-corrected chi connectivity index (χ2v) is 4.56. The van der Waals surface area contributed by atoms with E-state index in [2.05, 4.69) is 15.3 Å². The van der Waals surface area contributed by atoms with Crippen molar-refractivity contribution in [3.05, 3.63) is 45.6 Å². The molecule has 0 atom stereocenters. The second kappa shape index (κ2) is 6.49. The molecule has 0 aliphatic rings. The minimum atomic E-state index is -0.434. The van der Waals surface area contributed by atoms with E-state index in [9.17, 15) is 4.79 Å². The summed E-state index contributed by atoms with van der Waals surface area (Å²) in [6.45, 7) is 2.92. The Labute approximate surface area is 121 Å². The average Bonchev–Trinajstić information content (AvgIpc) is 2.41. The molecule has 2 rings (SSSR count). The summed E-state index contributed by atoms with van der Waals surface area (Å²) in [7, 11) is 1.60. The lowest BCUT2D eigenvalue weighted by atomic mass is 10.2. The van der Waals surface area contributed by atoms with Crippen LogP contribution in [-0.4, -0.2) is 34.8 Å². The molecule has 0 saturated heterocycles. The van der Waals surface area contributed by atoms with E-state index >= 15 is 0 Å². The molecular formula is C13H15ClN4O2. The standard InChI is InChI=1S/C13H15ClN4O2/c1-9-4-3-5-10(14)11(9)18-8-16-12(17-13(18)19)15-6-7-20-2/h3-5,8H,6-7H2,1-2H3,(H,15,17,19). The van der Waals surface area contributed by atoms with Crippen LogP contribution < -0.4 is 11.0 Å². The van der Waals surface area contributed by atoms with E-state index in [1.165, 1.54) is 10.9 Å². The largest absolute Gasteiger partial charge is 0.383 e. The number of benzene rings is 1. The number of rotatable bonds is 5. The summed E-state index contributed by atoms with van der Waals surface area (Å²) < 4.78 is 6.23. The molecule has 7 heteroatoms. The molecule has 0 aliphatic carbocycles. The number of aromatic nitrogens is 3. The number of nitrogens with zero attached hydrogens (tertiary/aromatic N) is 3. The maximum atomic E-state index is 12.1. The van der Waals surface area contributed by atoms with Crippen LogP contribution in [-0.2, 0) is 4.74 Å². The first-order chi connectivity index (χ1) is 9.63. The summed E-state index contributed by atoms with van der Waals surface area (Å²) in [5.74, 6) is 0.271. The third-order valence-corrected chi connectivity index (χ3v) is 3.03. The van der Waals surface area contributed by atoms with Gasteiger partial charge in [0.15, 0.2) is 0 Å². The van der Waals surface area contributed by atoms with Crippen molar-refractivity contribution in [2.45, 2.75) is 6.92 Å². The van der Waals surface area contributed by atoms with Crippen LogP contribution in [0.5, 0.6) is 0 Å². The monoisotopic (exact) mass is 294 g/mol. The summed E-state index contributed by atoms with van der Waals surface area (Å²) in [5, 5.41) is 3.38. The van der Waals surface area contributed by atoms with Crippen molar-refractivity contribution in [1.29, 1.82) is 0 Å². The van der Waals surface area contributed by atoms with Gasteiger partial charge in [-0.3, -0.25) is 0 Å². The number of aryl methyl sites for hydroxylation is 1. The normalized spacial score (nSPS) is 10.6. The van der Waals surface area contributed by atoms with Crippen molar-refractivity contribution in [2.75, 3.05) is 25.6 Å². The van der Waals surface area contributed by atoms with Gasteiger partial charge in [-0.25, -0.2) is 14.3 Å². The molecule has 1 aromatic heterocycles. The average molecular weight is 295 g/mol. The Bertz CT molecular complexity index is 637. The zero-order chi connectivity index (χ0) is 14.5. The fourth-order valence-corrected chi connectivity index (χ4v) is 2.08. The van der Waals surface area contributed by atoms with Crippen molar-refractivity contribution in [2.24, 2.45) is 0 Å². The summed E-state index contributed by atoms with van der Waals surface area (Å²) >= 11 is 6.13. The van der Waals surface area contributed by atoms with Crippen molar-refractivity contribution < 1.29 is 4.74 Å². The van der Waals surface area contributed by atoms with Gasteiger partial charge in [0, 0.05) is 13.7 Å². The Hall–Kier alpha value is -1.92. The number of methoxy groups -OCH3 is 1. The second-order valence-electron chi connectivity index (χ2n) is 4.16. The fraction of sp³-hybridized carbons (Fsp3) is 0.308. The van der Waals surface area contributed by atoms with Crippen LogP contribution in [0.2, 0.25) is 5.02 Å². The molecule has 1 aromatic carbocycles. The summed E-state index contributed by atoms with van der Waals surface area (Å²) in [5.41, 5.74) is 1.04. The lowest BCUT2D eigenvalue weighted by Gasteiger charge is -2.10. The fourth-order valence-electron chi connectivity index (χ4n) is 1.77. The first kappa shape index (κ1) is 14.5. The lowest BCUT2D eigenvalue weighted by Crippen LogP contribution is -2.25. The van der Waals surface area contributed by atoms with Crippen molar-refractivity contribution in [1.82, 2.24) is 14.5 Å². The number of para-hydroxylation sites is 1. The highest BCUT2D eigenvalue weighted by Crippen LogP contribution is 2.22. The molecule has 0 unspecified atom stereocenters. The number of halogens is 1. The zero-order valence-corrected chi connectivity index (χ0v) is 12.0. The van der Waals surface area contributed by atoms with E-state index < -0.39 is 5.69 Å². The molecule has 0 radical (unpaired) electrons. The van der Waals surface area contributed by atoms with Gasteiger partial charge in [-0.05, 0) is 18.6 Å². The number of hydrogen-bond acceptors (Lipinski definition) is 5. The van der Waals surface area contributed by atoms with E-state index in [1.54, 1.807) is 13.2 Å². The molecule has 0 amide bonds.